The third kappa shape index (κ3) is 4.60. The molecule has 1 aliphatic heterocycles. The first-order chi connectivity index (χ1) is 14.5. The molecule has 1 aromatic carbocycles. The van der Waals surface area contributed by atoms with Gasteiger partial charge in [0.15, 0.2) is 0 Å². The number of hydrogen-bond donors (Lipinski definition) is 2. The molecule has 0 aliphatic carbocycles. The van der Waals surface area contributed by atoms with Crippen molar-refractivity contribution in [2.45, 2.75) is 58.2 Å². The number of carbonyl (C=O) groups excluding carboxylic acids is 1. The van der Waals surface area contributed by atoms with Gasteiger partial charge in [0.05, 0.1) is 28.8 Å². The molecule has 3 heterocycles. The molecule has 6 heteroatoms. The predicted molar refractivity (Wildman–Crippen MR) is 121 cm³/mol. The van der Waals surface area contributed by atoms with Gasteiger partial charge in [-0.3, -0.25) is 4.79 Å². The first kappa shape index (κ1) is 21.1. The number of amides is 1. The maximum absolute atomic E-state index is 13.3. The van der Waals surface area contributed by atoms with Crippen LogP contribution in [0.5, 0.6) is 0 Å². The topological polar surface area (TPSA) is 38.5 Å². The third-order valence-electron chi connectivity index (χ3n) is 6.48. The molecule has 1 saturated heterocycles. The minimum atomic E-state index is -0.246. The molecule has 0 spiro atoms. The number of nitrogens with zero attached hydrogens (tertiary/aromatic N) is 1. The van der Waals surface area contributed by atoms with E-state index in [1.54, 1.807) is 28.4 Å². The Morgan fingerprint density at radius 1 is 1.20 bits per heavy atom. The van der Waals surface area contributed by atoms with Crippen molar-refractivity contribution in [1.82, 2.24) is 9.88 Å². The zero-order chi connectivity index (χ0) is 21.1. The Morgan fingerprint density at radius 2 is 1.93 bits per heavy atom. The number of fused-ring (bicyclic) bond motifs is 1. The zero-order valence-electron chi connectivity index (χ0n) is 17.8. The number of halogens is 1. The quantitative estimate of drug-likeness (QED) is 0.551. The van der Waals surface area contributed by atoms with Crippen LogP contribution in [0, 0.1) is 5.82 Å². The Balaban J connectivity index is 1.40. The average molecular weight is 429 g/mol. The number of piperidine rings is 1. The van der Waals surface area contributed by atoms with Crippen LogP contribution in [0.2, 0.25) is 0 Å². The van der Waals surface area contributed by atoms with E-state index in [1.165, 1.54) is 31.4 Å². The number of quaternary nitrogens is 1. The van der Waals surface area contributed by atoms with Crippen LogP contribution >= 0.6 is 11.3 Å². The van der Waals surface area contributed by atoms with E-state index < -0.39 is 0 Å². The van der Waals surface area contributed by atoms with Gasteiger partial charge in [-0.2, -0.15) is 0 Å². The predicted octanol–water partition coefficient (Wildman–Crippen LogP) is 3.86. The molecule has 0 saturated carbocycles. The van der Waals surface area contributed by atoms with Crippen molar-refractivity contribution in [3.05, 3.63) is 58.9 Å². The number of aromatic nitrogens is 1. The number of thiophene rings is 1. The first-order valence-electron chi connectivity index (χ1n) is 11.0. The zero-order valence-corrected chi connectivity index (χ0v) is 18.6. The van der Waals surface area contributed by atoms with Crippen LogP contribution in [0.15, 0.2) is 41.8 Å². The summed E-state index contributed by atoms with van der Waals surface area (Å²) in [7, 11) is 0. The van der Waals surface area contributed by atoms with Crippen LogP contribution in [0.3, 0.4) is 0 Å². The van der Waals surface area contributed by atoms with Gasteiger partial charge in [-0.05, 0) is 68.3 Å². The number of nitrogens with one attached hydrogen (secondary N) is 2. The smallest absolute Gasteiger partial charge is 0.267 e. The van der Waals surface area contributed by atoms with Gasteiger partial charge < -0.3 is 14.8 Å². The monoisotopic (exact) mass is 428 g/mol. The lowest BCUT2D eigenvalue weighted by Gasteiger charge is -2.35. The van der Waals surface area contributed by atoms with Crippen LogP contribution in [0.1, 0.15) is 55.6 Å². The van der Waals surface area contributed by atoms with E-state index in [0.29, 0.717) is 30.9 Å². The van der Waals surface area contributed by atoms with Gasteiger partial charge in [0.2, 0.25) is 0 Å². The van der Waals surface area contributed by atoms with Crippen molar-refractivity contribution in [3.8, 4) is 0 Å². The highest BCUT2D eigenvalue weighted by Crippen LogP contribution is 2.26. The summed E-state index contributed by atoms with van der Waals surface area (Å²) < 4.78 is 16.4. The summed E-state index contributed by atoms with van der Waals surface area (Å²) in [6, 6.07) is 11.9. The Labute approximate surface area is 181 Å². The molecule has 3 aromatic rings. The molecule has 4 rings (SSSR count). The van der Waals surface area contributed by atoms with Crippen LogP contribution < -0.4 is 10.2 Å². The lowest BCUT2D eigenvalue weighted by molar-refractivity contribution is -0.951. The van der Waals surface area contributed by atoms with Crippen molar-refractivity contribution < 1.29 is 14.1 Å². The highest BCUT2D eigenvalue weighted by Gasteiger charge is 2.27. The lowest BCUT2D eigenvalue weighted by atomic mass is 9.97. The normalized spacial score (nSPS) is 20.0. The number of benzene rings is 1. The highest BCUT2D eigenvalue weighted by molar-refractivity contribution is 7.17. The summed E-state index contributed by atoms with van der Waals surface area (Å²) in [5.74, 6) is -0.278. The molecule has 4 nitrogen and oxygen atoms in total. The van der Waals surface area contributed by atoms with Crippen molar-refractivity contribution in [2.24, 2.45) is 0 Å². The minimum absolute atomic E-state index is 0.0322. The molecule has 160 valence electrons. The van der Waals surface area contributed by atoms with Gasteiger partial charge >= 0.3 is 0 Å². The van der Waals surface area contributed by atoms with Crippen molar-refractivity contribution in [1.29, 1.82) is 0 Å². The number of carbonyl (C=O) groups is 1. The molecule has 0 radical (unpaired) electrons. The maximum Gasteiger partial charge on any atom is 0.267 e. The van der Waals surface area contributed by atoms with Crippen LogP contribution in [0.25, 0.3) is 10.2 Å². The Bertz CT molecular complexity index is 984. The number of hydrogen-bond acceptors (Lipinski definition) is 2. The Hall–Kier alpha value is -2.18. The van der Waals surface area contributed by atoms with Gasteiger partial charge in [-0.25, -0.2) is 4.39 Å². The van der Waals surface area contributed by atoms with Crippen LogP contribution in [-0.4, -0.2) is 35.6 Å². The Morgan fingerprint density at radius 3 is 2.67 bits per heavy atom. The first-order valence-corrected chi connectivity index (χ1v) is 11.9. The SMILES string of the molecule is C[C@H]1CCC[C@H](C)[NH+]1CCCNC(=O)c1cc2sccc2n1Cc1ccc(F)cc1. The molecule has 30 heavy (non-hydrogen) atoms. The largest absolute Gasteiger partial charge is 0.351 e. The lowest BCUT2D eigenvalue weighted by Crippen LogP contribution is -3.19. The number of likely N-dealkylation sites (tertiary alicyclic amines) is 1. The fourth-order valence-corrected chi connectivity index (χ4v) is 5.59. The minimum Gasteiger partial charge on any atom is -0.351 e. The molecule has 2 atom stereocenters. The molecule has 2 aromatic heterocycles. The van der Waals surface area contributed by atoms with Gasteiger partial charge in [0, 0.05) is 19.5 Å². The van der Waals surface area contributed by atoms with Crippen molar-refractivity contribution in [2.75, 3.05) is 13.1 Å². The van der Waals surface area contributed by atoms with Crippen LogP contribution in [-0.2, 0) is 6.54 Å². The van der Waals surface area contributed by atoms with Gasteiger partial charge in [-0.1, -0.05) is 12.1 Å². The van der Waals surface area contributed by atoms with E-state index >= 15 is 0 Å². The molecule has 2 N–H and O–H groups in total. The third-order valence-corrected chi connectivity index (χ3v) is 7.33. The summed E-state index contributed by atoms with van der Waals surface area (Å²) in [4.78, 5) is 14.6. The van der Waals surface area contributed by atoms with E-state index in [1.807, 2.05) is 22.1 Å². The fraction of sp³-hybridized carbons (Fsp3) is 0.458. The van der Waals surface area contributed by atoms with E-state index in [2.05, 4.69) is 19.2 Å². The molecule has 1 fully saturated rings. The molecule has 0 bridgehead atoms. The molecule has 0 unspecified atom stereocenters. The second kappa shape index (κ2) is 9.31. The fourth-order valence-electron chi connectivity index (χ4n) is 4.77. The van der Waals surface area contributed by atoms with E-state index in [9.17, 15) is 9.18 Å². The van der Waals surface area contributed by atoms with E-state index in [4.69, 9.17) is 0 Å². The summed E-state index contributed by atoms with van der Waals surface area (Å²) in [6.45, 7) is 7.04. The van der Waals surface area contributed by atoms with Crippen molar-refractivity contribution in [3.63, 3.8) is 0 Å². The molecular formula is C24H31FN3OS+. The van der Waals surface area contributed by atoms with E-state index in [-0.39, 0.29) is 11.7 Å². The second-order valence-corrected chi connectivity index (χ2v) is 9.53. The van der Waals surface area contributed by atoms with Gasteiger partial charge in [0.1, 0.15) is 11.5 Å². The summed E-state index contributed by atoms with van der Waals surface area (Å²) in [6.07, 6.45) is 4.94. The van der Waals surface area contributed by atoms with Crippen molar-refractivity contribution >= 4 is 27.5 Å². The summed E-state index contributed by atoms with van der Waals surface area (Å²) >= 11 is 1.64. The summed E-state index contributed by atoms with van der Waals surface area (Å²) in [5, 5.41) is 5.16. The molecule has 1 aliphatic rings. The van der Waals surface area contributed by atoms with Gasteiger partial charge in [0.25, 0.3) is 5.91 Å². The van der Waals surface area contributed by atoms with Crippen LogP contribution in [0.4, 0.5) is 4.39 Å². The Kier molecular flexibility index (Phi) is 6.54. The maximum atomic E-state index is 13.3. The highest BCUT2D eigenvalue weighted by atomic mass is 32.1. The average Bonchev–Trinajstić information content (AvgIpc) is 3.31. The summed E-state index contributed by atoms with van der Waals surface area (Å²) in [5.41, 5.74) is 2.70. The van der Waals surface area contributed by atoms with Gasteiger partial charge in [-0.15, -0.1) is 11.3 Å². The van der Waals surface area contributed by atoms with E-state index in [0.717, 1.165) is 28.7 Å². The number of rotatable bonds is 7. The molecule has 1 amide bonds. The molecular weight excluding hydrogens is 397 g/mol. The standard InChI is InChI=1S/C24H30FN3OS/c1-17-5-3-6-18(2)27(17)13-4-12-26-24(29)22-15-23-21(11-14-30-23)28(22)16-19-7-9-20(25)10-8-19/h7-11,14-15,17-18H,3-6,12-13,16H2,1-2H3,(H,26,29)/p+1/t17-,18-/m0/s1. The second-order valence-electron chi connectivity index (χ2n) is 8.58.